The Morgan fingerprint density at radius 3 is 2.35 bits per heavy atom. The van der Waals surface area contributed by atoms with Crippen LogP contribution >= 0.6 is 11.6 Å². The van der Waals surface area contributed by atoms with E-state index in [4.69, 9.17) is 26.8 Å². The van der Waals surface area contributed by atoms with Crippen molar-refractivity contribution in [2.75, 3.05) is 18.2 Å². The van der Waals surface area contributed by atoms with Crippen molar-refractivity contribution < 1.29 is 14.3 Å². The summed E-state index contributed by atoms with van der Waals surface area (Å²) in [5.74, 6) is 1.19. The Morgan fingerprint density at radius 2 is 1.71 bits per heavy atom. The Labute approximate surface area is 185 Å². The molecule has 0 saturated heterocycles. The number of nitrogens with two attached hydrogens (primary N) is 1. The number of carbonyl (C=O) groups excluding carboxylic acids is 1. The molecule has 31 heavy (non-hydrogen) atoms. The maximum absolute atomic E-state index is 12.2. The van der Waals surface area contributed by atoms with Crippen molar-refractivity contribution in [3.8, 4) is 22.8 Å². The molecule has 0 atom stereocenters. The second kappa shape index (κ2) is 8.62. The van der Waals surface area contributed by atoms with Crippen LogP contribution in [0.4, 0.5) is 16.2 Å². The van der Waals surface area contributed by atoms with Gasteiger partial charge in [0.15, 0.2) is 0 Å². The number of carbonyl (C=O) groups is 1. The number of nitrogen functional groups attached to an aromatic ring is 1. The minimum atomic E-state index is -0.579. The smallest absolute Gasteiger partial charge is 0.417 e. The number of ether oxygens (including phenoxy) is 2. The number of aromatic nitrogens is 1. The van der Waals surface area contributed by atoms with Crippen molar-refractivity contribution >= 4 is 40.0 Å². The molecule has 0 bridgehead atoms. The largest absolute Gasteiger partial charge is 0.497 e. The van der Waals surface area contributed by atoms with Gasteiger partial charge in [-0.2, -0.15) is 0 Å². The summed E-state index contributed by atoms with van der Waals surface area (Å²) in [6, 6.07) is 19.9. The minimum Gasteiger partial charge on any atom is -0.497 e. The molecule has 3 aromatic carbocycles. The van der Waals surface area contributed by atoms with E-state index >= 15 is 0 Å². The number of amides is 1. The third-order valence-electron chi connectivity index (χ3n) is 5.06. The number of fused-ring (bicyclic) bond motifs is 1. The van der Waals surface area contributed by atoms with Crippen LogP contribution in [0, 0.1) is 0 Å². The van der Waals surface area contributed by atoms with Crippen LogP contribution < -0.4 is 20.5 Å². The summed E-state index contributed by atoms with van der Waals surface area (Å²) in [5.41, 5.74) is 10.7. The van der Waals surface area contributed by atoms with E-state index in [9.17, 15) is 4.79 Å². The van der Waals surface area contributed by atoms with Crippen molar-refractivity contribution in [1.29, 1.82) is 0 Å². The molecule has 0 aliphatic rings. The van der Waals surface area contributed by atoms with Gasteiger partial charge in [0.1, 0.15) is 11.5 Å². The highest BCUT2D eigenvalue weighted by molar-refractivity contribution is 6.30. The molecule has 0 unspecified atom stereocenters. The fraction of sp³-hybridized carbons (Fsp3) is 0.125. The maximum Gasteiger partial charge on any atom is 0.417 e. The molecule has 0 spiro atoms. The van der Waals surface area contributed by atoms with Gasteiger partial charge in [0.2, 0.25) is 0 Å². The van der Waals surface area contributed by atoms with E-state index in [0.717, 1.165) is 34.5 Å². The molecule has 1 amide bonds. The lowest BCUT2D eigenvalue weighted by Gasteiger charge is -2.11. The number of benzene rings is 3. The van der Waals surface area contributed by atoms with E-state index in [0.29, 0.717) is 22.1 Å². The first-order chi connectivity index (χ1) is 15.0. The average Bonchev–Trinajstić information content (AvgIpc) is 3.06. The molecule has 0 radical (unpaired) electrons. The van der Waals surface area contributed by atoms with E-state index in [-0.39, 0.29) is 0 Å². The van der Waals surface area contributed by atoms with E-state index in [1.807, 2.05) is 42.5 Å². The van der Waals surface area contributed by atoms with Crippen molar-refractivity contribution in [2.45, 2.75) is 13.5 Å². The summed E-state index contributed by atoms with van der Waals surface area (Å²) in [4.78, 5) is 12.2. The topological polar surface area (TPSA) is 78.5 Å². The molecule has 4 rings (SSSR count). The van der Waals surface area contributed by atoms with Crippen LogP contribution in [0.25, 0.3) is 22.2 Å². The molecule has 158 valence electrons. The van der Waals surface area contributed by atoms with Crippen molar-refractivity contribution in [3.63, 3.8) is 0 Å². The Morgan fingerprint density at radius 1 is 1.03 bits per heavy atom. The standard InChI is InChI=1S/C24H22ClN3O3/c1-3-28-21-14-19(30-2)12-13-20(21)22(26)23(28)15-4-8-17(9-5-15)27-24(29)31-18-10-6-16(25)7-11-18/h4-14H,3,26H2,1-2H3,(H,27,29). The summed E-state index contributed by atoms with van der Waals surface area (Å²) in [6.45, 7) is 2.83. The zero-order chi connectivity index (χ0) is 22.0. The molecule has 6 nitrogen and oxygen atoms in total. The van der Waals surface area contributed by atoms with Crippen LogP contribution in [0.15, 0.2) is 66.7 Å². The van der Waals surface area contributed by atoms with E-state index < -0.39 is 6.09 Å². The second-order valence-corrected chi connectivity index (χ2v) is 7.37. The van der Waals surface area contributed by atoms with Gasteiger partial charge in [0.25, 0.3) is 0 Å². The molecule has 7 heteroatoms. The number of halogens is 1. The van der Waals surface area contributed by atoms with Gasteiger partial charge in [-0.25, -0.2) is 4.79 Å². The molecular weight excluding hydrogens is 414 g/mol. The minimum absolute atomic E-state index is 0.411. The normalized spacial score (nSPS) is 10.8. The Kier molecular flexibility index (Phi) is 5.73. The first kappa shape index (κ1) is 20.6. The molecule has 0 saturated carbocycles. The van der Waals surface area contributed by atoms with Crippen LogP contribution in [0.3, 0.4) is 0 Å². The Bertz CT molecular complexity index is 1230. The highest BCUT2D eigenvalue weighted by atomic mass is 35.5. The summed E-state index contributed by atoms with van der Waals surface area (Å²) in [7, 11) is 1.65. The number of hydrogen-bond acceptors (Lipinski definition) is 4. The summed E-state index contributed by atoms with van der Waals surface area (Å²) >= 11 is 5.84. The average molecular weight is 436 g/mol. The van der Waals surface area contributed by atoms with Crippen molar-refractivity contribution in [3.05, 3.63) is 71.8 Å². The number of rotatable bonds is 5. The Balaban J connectivity index is 1.58. The number of aryl methyl sites for hydroxylation is 1. The fourth-order valence-corrected chi connectivity index (χ4v) is 3.71. The fourth-order valence-electron chi connectivity index (χ4n) is 3.59. The van der Waals surface area contributed by atoms with Crippen LogP contribution in [-0.2, 0) is 6.54 Å². The van der Waals surface area contributed by atoms with Crippen molar-refractivity contribution in [1.82, 2.24) is 4.57 Å². The van der Waals surface area contributed by atoms with Gasteiger partial charge in [-0.1, -0.05) is 23.7 Å². The molecule has 0 aliphatic carbocycles. The zero-order valence-corrected chi connectivity index (χ0v) is 17.9. The van der Waals surface area contributed by atoms with E-state index in [2.05, 4.69) is 16.8 Å². The number of anilines is 2. The zero-order valence-electron chi connectivity index (χ0n) is 17.2. The number of hydrogen-bond donors (Lipinski definition) is 2. The number of nitrogens with one attached hydrogen (secondary N) is 1. The lowest BCUT2D eigenvalue weighted by Crippen LogP contribution is -2.16. The van der Waals surface area contributed by atoms with Crippen LogP contribution in [0.1, 0.15) is 6.92 Å². The monoisotopic (exact) mass is 435 g/mol. The molecule has 1 heterocycles. The Hall–Kier alpha value is -3.64. The highest BCUT2D eigenvalue weighted by Crippen LogP contribution is 2.38. The van der Waals surface area contributed by atoms with Gasteiger partial charge in [-0.15, -0.1) is 0 Å². The first-order valence-corrected chi connectivity index (χ1v) is 10.2. The van der Waals surface area contributed by atoms with Gasteiger partial charge >= 0.3 is 6.09 Å². The van der Waals surface area contributed by atoms with Gasteiger partial charge in [-0.3, -0.25) is 5.32 Å². The van der Waals surface area contributed by atoms with Gasteiger partial charge in [0, 0.05) is 34.3 Å². The van der Waals surface area contributed by atoms with Crippen LogP contribution in [0.5, 0.6) is 11.5 Å². The SMILES string of the molecule is CCn1c(-c2ccc(NC(=O)Oc3ccc(Cl)cc3)cc2)c(N)c2ccc(OC)cc21. The first-order valence-electron chi connectivity index (χ1n) is 9.80. The molecule has 3 N–H and O–H groups in total. The molecule has 0 aliphatic heterocycles. The van der Waals surface area contributed by atoms with Crippen LogP contribution in [0.2, 0.25) is 5.02 Å². The quantitative estimate of drug-likeness (QED) is 0.392. The second-order valence-electron chi connectivity index (χ2n) is 6.94. The number of methoxy groups -OCH3 is 1. The third-order valence-corrected chi connectivity index (χ3v) is 5.31. The van der Waals surface area contributed by atoms with Gasteiger partial charge < -0.3 is 19.8 Å². The maximum atomic E-state index is 12.2. The number of nitrogens with zero attached hydrogens (tertiary/aromatic N) is 1. The molecule has 4 aromatic rings. The van der Waals surface area contributed by atoms with Gasteiger partial charge in [-0.05, 0) is 55.5 Å². The predicted octanol–water partition coefficient (Wildman–Crippen LogP) is 6.18. The highest BCUT2D eigenvalue weighted by Gasteiger charge is 2.16. The molecule has 1 aromatic heterocycles. The summed E-state index contributed by atoms with van der Waals surface area (Å²) in [5, 5.41) is 4.27. The predicted molar refractivity (Wildman–Crippen MR) is 125 cm³/mol. The van der Waals surface area contributed by atoms with Gasteiger partial charge in [0.05, 0.1) is 24.0 Å². The molecule has 0 fully saturated rings. The molecular formula is C24H22ClN3O3. The van der Waals surface area contributed by atoms with Crippen molar-refractivity contribution in [2.24, 2.45) is 0 Å². The third kappa shape index (κ3) is 4.15. The lowest BCUT2D eigenvalue weighted by atomic mass is 10.1. The van der Waals surface area contributed by atoms with Crippen LogP contribution in [-0.4, -0.2) is 17.8 Å². The van der Waals surface area contributed by atoms with E-state index in [1.165, 1.54) is 0 Å². The summed E-state index contributed by atoms with van der Waals surface area (Å²) in [6.07, 6.45) is -0.579. The van der Waals surface area contributed by atoms with E-state index in [1.54, 1.807) is 31.4 Å². The summed E-state index contributed by atoms with van der Waals surface area (Å²) < 4.78 is 12.8. The lowest BCUT2D eigenvalue weighted by molar-refractivity contribution is 0.215.